The van der Waals surface area contributed by atoms with E-state index >= 15 is 0 Å². The van der Waals surface area contributed by atoms with Crippen molar-refractivity contribution in [2.24, 2.45) is 0 Å². The van der Waals surface area contributed by atoms with Crippen LogP contribution in [0, 0.1) is 0 Å². The molecule has 0 unspecified atom stereocenters. The third-order valence-corrected chi connectivity index (χ3v) is 9.09. The molecule has 4 nitrogen and oxygen atoms in total. The number of hydrogen-bond acceptors (Lipinski definition) is 4. The Morgan fingerprint density at radius 1 is 0.417 bits per heavy atom. The van der Waals surface area contributed by atoms with E-state index < -0.39 is 0 Å². The second kappa shape index (κ2) is 13.7. The first-order chi connectivity index (χ1) is 16.8. The summed E-state index contributed by atoms with van der Waals surface area (Å²) in [4.78, 5) is 0. The fourth-order valence-electron chi connectivity index (χ4n) is 5.02. The van der Waals surface area contributed by atoms with Gasteiger partial charge in [-0.2, -0.15) is 0 Å². The van der Waals surface area contributed by atoms with Gasteiger partial charge in [-0.15, -0.1) is 0 Å². The molecule has 0 radical (unpaired) electrons. The molecule has 0 aromatic carbocycles. The van der Waals surface area contributed by atoms with E-state index in [0.29, 0.717) is 0 Å². The lowest BCUT2D eigenvalue weighted by molar-refractivity contribution is 0.00578. The van der Waals surface area contributed by atoms with Crippen molar-refractivity contribution in [3.05, 3.63) is 10.9 Å². The van der Waals surface area contributed by atoms with Gasteiger partial charge in [0, 0.05) is 0 Å². The van der Waals surface area contributed by atoms with E-state index in [-0.39, 0.29) is 36.6 Å². The molecule has 0 aromatic heterocycles. The van der Waals surface area contributed by atoms with Gasteiger partial charge in [0.25, 0.3) is 0 Å². The molecule has 0 saturated carbocycles. The van der Waals surface area contributed by atoms with Gasteiger partial charge in [0.05, 0.1) is 22.4 Å². The smallest absolute Gasteiger partial charge is 0.400 e. The molecule has 0 aliphatic carbocycles. The Kier molecular flexibility index (Phi) is 12.1. The number of hydrogen-bond donors (Lipinski definition) is 0. The molecule has 2 fully saturated rings. The SMILES string of the molecule is CCCCCCCC/C(B1OC(C)(C)C(C)(C)O1)=C(\CCCCCCCC)B1OC(C)(C)C(C)(C)O1. The minimum Gasteiger partial charge on any atom is -0.400 e. The fraction of sp³-hybridized carbons (Fsp3) is 0.933. The molecule has 0 bridgehead atoms. The van der Waals surface area contributed by atoms with Gasteiger partial charge in [-0.25, -0.2) is 0 Å². The van der Waals surface area contributed by atoms with Gasteiger partial charge in [-0.3, -0.25) is 0 Å². The zero-order valence-electron chi connectivity index (χ0n) is 25.7. The Hall–Kier alpha value is -0.290. The molecule has 208 valence electrons. The average molecular weight is 504 g/mol. The van der Waals surface area contributed by atoms with Gasteiger partial charge in [-0.05, 0) is 79.2 Å². The van der Waals surface area contributed by atoms with Crippen LogP contribution in [-0.4, -0.2) is 36.6 Å². The Bertz CT molecular complexity index is 609. The second-order valence-electron chi connectivity index (χ2n) is 13.3. The minimum atomic E-state index is -0.356. The lowest BCUT2D eigenvalue weighted by Gasteiger charge is -2.32. The summed E-state index contributed by atoms with van der Waals surface area (Å²) in [7, 11) is -0.667. The number of unbranched alkanes of at least 4 members (excludes halogenated alkanes) is 10. The first-order valence-electron chi connectivity index (χ1n) is 15.2. The average Bonchev–Trinajstić information content (AvgIpc) is 3.12. The summed E-state index contributed by atoms with van der Waals surface area (Å²) in [5.41, 5.74) is 1.12. The molecule has 2 heterocycles. The summed E-state index contributed by atoms with van der Waals surface area (Å²) < 4.78 is 26.5. The zero-order valence-corrected chi connectivity index (χ0v) is 25.7. The molecule has 2 aliphatic rings. The topological polar surface area (TPSA) is 36.9 Å². The summed E-state index contributed by atoms with van der Waals surface area (Å²) in [5, 5.41) is 0. The lowest BCUT2D eigenvalue weighted by Crippen LogP contribution is -2.41. The largest absolute Gasteiger partial charge is 0.489 e. The first kappa shape index (κ1) is 31.9. The maximum absolute atomic E-state index is 6.63. The molecular weight excluding hydrogens is 446 g/mol. The van der Waals surface area contributed by atoms with Crippen LogP contribution in [0.1, 0.15) is 159 Å². The van der Waals surface area contributed by atoms with Crippen LogP contribution < -0.4 is 0 Å². The van der Waals surface area contributed by atoms with Crippen molar-refractivity contribution >= 4 is 14.2 Å². The van der Waals surface area contributed by atoms with Crippen LogP contribution >= 0.6 is 0 Å². The fourth-order valence-corrected chi connectivity index (χ4v) is 5.02. The van der Waals surface area contributed by atoms with Crippen LogP contribution in [0.4, 0.5) is 0 Å². The summed E-state index contributed by atoms with van der Waals surface area (Å²) >= 11 is 0. The summed E-state index contributed by atoms with van der Waals surface area (Å²) in [6.45, 7) is 21.8. The van der Waals surface area contributed by atoms with Crippen molar-refractivity contribution in [3.8, 4) is 0 Å². The highest BCUT2D eigenvalue weighted by Crippen LogP contribution is 2.44. The molecule has 6 heteroatoms. The van der Waals surface area contributed by atoms with Crippen molar-refractivity contribution < 1.29 is 18.6 Å². The van der Waals surface area contributed by atoms with E-state index in [1.165, 1.54) is 75.2 Å². The number of allylic oxidation sites excluding steroid dienone is 2. The molecule has 36 heavy (non-hydrogen) atoms. The molecule has 2 saturated heterocycles. The van der Waals surface area contributed by atoms with Gasteiger partial charge in [0.15, 0.2) is 0 Å². The van der Waals surface area contributed by atoms with E-state index in [1.807, 2.05) is 0 Å². The van der Waals surface area contributed by atoms with Crippen LogP contribution in [0.25, 0.3) is 0 Å². The van der Waals surface area contributed by atoms with Crippen molar-refractivity contribution in [1.29, 1.82) is 0 Å². The zero-order chi connectivity index (χ0) is 27.0. The monoisotopic (exact) mass is 504 g/mol. The van der Waals surface area contributed by atoms with Gasteiger partial charge >= 0.3 is 14.2 Å². The third kappa shape index (κ3) is 8.35. The minimum absolute atomic E-state index is 0.334. The Labute approximate surface area is 225 Å². The van der Waals surface area contributed by atoms with Crippen LogP contribution in [-0.2, 0) is 18.6 Å². The van der Waals surface area contributed by atoms with Crippen LogP contribution in [0.15, 0.2) is 10.9 Å². The normalized spacial score (nSPS) is 22.8. The van der Waals surface area contributed by atoms with Gasteiger partial charge < -0.3 is 18.6 Å². The summed E-state index contributed by atoms with van der Waals surface area (Å²) in [6, 6.07) is 0. The van der Waals surface area contributed by atoms with Gasteiger partial charge in [-0.1, -0.05) is 90.9 Å². The lowest BCUT2D eigenvalue weighted by atomic mass is 9.61. The quantitative estimate of drug-likeness (QED) is 0.155. The maximum atomic E-state index is 6.63. The third-order valence-electron chi connectivity index (χ3n) is 9.09. The molecule has 0 N–H and O–H groups in total. The van der Waals surface area contributed by atoms with Crippen molar-refractivity contribution in [3.63, 3.8) is 0 Å². The van der Waals surface area contributed by atoms with E-state index in [9.17, 15) is 0 Å². The van der Waals surface area contributed by atoms with Crippen molar-refractivity contribution in [1.82, 2.24) is 0 Å². The highest BCUT2D eigenvalue weighted by Gasteiger charge is 2.56. The highest BCUT2D eigenvalue weighted by atomic mass is 16.7. The molecule has 2 aliphatic heterocycles. The van der Waals surface area contributed by atoms with E-state index in [0.717, 1.165) is 25.7 Å². The van der Waals surface area contributed by atoms with Gasteiger partial charge in [0.2, 0.25) is 0 Å². The standard InChI is InChI=1S/C30H58B2O4/c1-11-13-15-17-19-21-23-25(31-33-27(3,4)28(5,6)34-31)26(24-22-20-18-16-14-12-2)32-35-29(7,8)30(9,10)36-32/h11-24H2,1-10H3/b26-25-. The predicted molar refractivity (Wildman–Crippen MR) is 155 cm³/mol. The summed E-state index contributed by atoms with van der Waals surface area (Å²) in [5.74, 6) is 0. The van der Waals surface area contributed by atoms with Crippen molar-refractivity contribution in [2.45, 2.75) is 182 Å². The molecule has 0 amide bonds. The molecular formula is C30H58B2O4. The molecule has 0 aromatic rings. The summed E-state index contributed by atoms with van der Waals surface area (Å²) in [6.07, 6.45) is 17.2. The van der Waals surface area contributed by atoms with E-state index in [1.54, 1.807) is 0 Å². The van der Waals surface area contributed by atoms with E-state index in [2.05, 4.69) is 69.2 Å². The van der Waals surface area contributed by atoms with Crippen LogP contribution in [0.5, 0.6) is 0 Å². The van der Waals surface area contributed by atoms with Crippen LogP contribution in [0.2, 0.25) is 0 Å². The van der Waals surface area contributed by atoms with E-state index in [4.69, 9.17) is 18.6 Å². The Morgan fingerprint density at radius 2 is 0.667 bits per heavy atom. The molecule has 0 atom stereocenters. The maximum Gasteiger partial charge on any atom is 0.489 e. The second-order valence-corrected chi connectivity index (χ2v) is 13.3. The first-order valence-corrected chi connectivity index (χ1v) is 15.2. The predicted octanol–water partition coefficient (Wildman–Crippen LogP) is 9.05. The Balaban J connectivity index is 2.32. The van der Waals surface area contributed by atoms with Crippen LogP contribution in [0.3, 0.4) is 0 Å². The van der Waals surface area contributed by atoms with Crippen molar-refractivity contribution in [2.75, 3.05) is 0 Å². The number of rotatable bonds is 16. The van der Waals surface area contributed by atoms with Gasteiger partial charge in [0.1, 0.15) is 0 Å². The molecule has 2 rings (SSSR count). The highest BCUT2D eigenvalue weighted by molar-refractivity contribution is 6.62. The molecule has 0 spiro atoms. The Morgan fingerprint density at radius 3 is 0.944 bits per heavy atom.